The molecule has 4 heteroatoms. The molecule has 0 radical (unpaired) electrons. The van der Waals surface area contributed by atoms with E-state index in [0.29, 0.717) is 5.75 Å². The highest BCUT2D eigenvalue weighted by molar-refractivity contribution is 9.10. The number of aromatic hydroxyl groups is 1. The molecular formula is C7H7BrNOS+. The molecule has 0 spiro atoms. The molecule has 1 aromatic rings. The molecule has 0 aliphatic carbocycles. The van der Waals surface area contributed by atoms with Gasteiger partial charge in [-0.25, -0.2) is 0 Å². The fourth-order valence-electron chi connectivity index (χ4n) is 1.11. The molecule has 2 nitrogen and oxygen atoms in total. The zero-order valence-electron chi connectivity index (χ0n) is 5.75. The van der Waals surface area contributed by atoms with Crippen molar-refractivity contribution < 1.29 is 9.67 Å². The first-order chi connectivity index (χ1) is 5.29. The van der Waals surface area contributed by atoms with Gasteiger partial charge in [-0.1, -0.05) is 0 Å². The van der Waals surface area contributed by atoms with Crippen LogP contribution in [-0.4, -0.2) is 10.9 Å². The normalized spacial score (nSPS) is 15.0. The molecule has 2 heterocycles. The molecule has 1 aliphatic heterocycles. The van der Waals surface area contributed by atoms with Crippen molar-refractivity contribution in [3.05, 3.63) is 16.7 Å². The predicted molar refractivity (Wildman–Crippen MR) is 46.7 cm³/mol. The van der Waals surface area contributed by atoms with Crippen LogP contribution in [-0.2, 0) is 6.54 Å². The van der Waals surface area contributed by atoms with Crippen molar-refractivity contribution in [2.75, 3.05) is 5.75 Å². The Labute approximate surface area is 77.4 Å². The Morgan fingerprint density at radius 2 is 2.45 bits per heavy atom. The van der Waals surface area contributed by atoms with Crippen LogP contribution in [0, 0.1) is 0 Å². The summed E-state index contributed by atoms with van der Waals surface area (Å²) in [5, 5.41) is 10.5. The Balaban J connectivity index is 2.62. The standard InChI is InChI=1S/C7H6BrNOS/c8-5-1-2-9-3-4-11-7(9)6(5)10/h1-2H,3-4H2/p+1. The average molecular weight is 233 g/mol. The molecule has 0 amide bonds. The minimum absolute atomic E-state index is 0.370. The monoisotopic (exact) mass is 232 g/mol. The van der Waals surface area contributed by atoms with Crippen LogP contribution in [0.4, 0.5) is 0 Å². The van der Waals surface area contributed by atoms with Gasteiger partial charge in [-0.3, -0.25) is 0 Å². The number of hydrogen-bond donors (Lipinski definition) is 1. The number of rotatable bonds is 0. The summed E-state index contributed by atoms with van der Waals surface area (Å²) in [6.07, 6.45) is 1.99. The maximum atomic E-state index is 9.53. The van der Waals surface area contributed by atoms with Crippen LogP contribution in [0.2, 0.25) is 0 Å². The number of aryl methyl sites for hydroxylation is 1. The molecule has 0 atom stereocenters. The van der Waals surface area contributed by atoms with Crippen LogP contribution in [0.3, 0.4) is 0 Å². The van der Waals surface area contributed by atoms with Crippen molar-refractivity contribution in [1.82, 2.24) is 0 Å². The molecular weight excluding hydrogens is 226 g/mol. The number of nitrogens with zero attached hydrogens (tertiary/aromatic N) is 1. The zero-order chi connectivity index (χ0) is 7.84. The summed E-state index contributed by atoms with van der Waals surface area (Å²) in [5.41, 5.74) is 0. The van der Waals surface area contributed by atoms with Crippen molar-refractivity contribution in [3.8, 4) is 5.75 Å². The zero-order valence-corrected chi connectivity index (χ0v) is 8.15. The lowest BCUT2D eigenvalue weighted by atomic mass is 10.4. The molecule has 1 aliphatic rings. The van der Waals surface area contributed by atoms with Crippen LogP contribution < -0.4 is 4.57 Å². The van der Waals surface area contributed by atoms with Crippen LogP contribution >= 0.6 is 27.7 Å². The molecule has 0 unspecified atom stereocenters. The van der Waals surface area contributed by atoms with Gasteiger partial charge < -0.3 is 5.11 Å². The maximum absolute atomic E-state index is 9.53. The van der Waals surface area contributed by atoms with Crippen LogP contribution in [0.1, 0.15) is 0 Å². The van der Waals surface area contributed by atoms with Gasteiger partial charge in [0.05, 0.1) is 10.2 Å². The number of halogens is 1. The number of aromatic nitrogens is 1. The van der Waals surface area contributed by atoms with E-state index in [1.54, 1.807) is 11.8 Å². The lowest BCUT2D eigenvalue weighted by Crippen LogP contribution is -2.31. The van der Waals surface area contributed by atoms with Gasteiger partial charge in [-0.2, -0.15) is 4.57 Å². The molecule has 0 fully saturated rings. The largest absolute Gasteiger partial charge is 0.501 e. The van der Waals surface area contributed by atoms with E-state index in [9.17, 15) is 5.11 Å². The third kappa shape index (κ3) is 1.14. The van der Waals surface area contributed by atoms with Gasteiger partial charge >= 0.3 is 0 Å². The molecule has 0 bridgehead atoms. The van der Waals surface area contributed by atoms with E-state index in [1.165, 1.54) is 0 Å². The van der Waals surface area contributed by atoms with Crippen LogP contribution in [0.5, 0.6) is 5.75 Å². The molecule has 58 valence electrons. The topological polar surface area (TPSA) is 24.1 Å². The lowest BCUT2D eigenvalue weighted by molar-refractivity contribution is -0.723. The number of fused-ring (bicyclic) bond motifs is 1. The van der Waals surface area contributed by atoms with Gasteiger partial charge in [0.1, 0.15) is 0 Å². The third-order valence-corrected chi connectivity index (χ3v) is 3.39. The molecule has 0 saturated heterocycles. The first-order valence-electron chi connectivity index (χ1n) is 3.33. The van der Waals surface area contributed by atoms with Crippen molar-refractivity contribution in [2.45, 2.75) is 11.6 Å². The minimum Gasteiger partial charge on any atom is -0.501 e. The second-order valence-electron chi connectivity index (χ2n) is 2.36. The number of thioether (sulfide) groups is 1. The Morgan fingerprint density at radius 3 is 3.27 bits per heavy atom. The highest BCUT2D eigenvalue weighted by Gasteiger charge is 2.24. The SMILES string of the molecule is Oc1c(Br)cc[n+]2c1SCC2. The van der Waals surface area contributed by atoms with E-state index in [2.05, 4.69) is 20.5 Å². The van der Waals surface area contributed by atoms with E-state index in [0.717, 1.165) is 21.8 Å². The Hall–Kier alpha value is -0.220. The van der Waals surface area contributed by atoms with Crippen molar-refractivity contribution in [1.29, 1.82) is 0 Å². The van der Waals surface area contributed by atoms with E-state index in [4.69, 9.17) is 0 Å². The average Bonchev–Trinajstić information content (AvgIpc) is 2.45. The Morgan fingerprint density at radius 1 is 1.64 bits per heavy atom. The predicted octanol–water partition coefficient (Wildman–Crippen LogP) is 1.55. The molecule has 0 saturated carbocycles. The molecule has 0 aromatic carbocycles. The van der Waals surface area contributed by atoms with Gasteiger partial charge in [0, 0.05) is 6.07 Å². The summed E-state index contributed by atoms with van der Waals surface area (Å²) in [6, 6.07) is 1.87. The second-order valence-corrected chi connectivity index (χ2v) is 4.30. The van der Waals surface area contributed by atoms with Crippen LogP contribution in [0.25, 0.3) is 0 Å². The fraction of sp³-hybridized carbons (Fsp3) is 0.286. The van der Waals surface area contributed by atoms with Gasteiger partial charge in [-0.05, 0) is 27.7 Å². The van der Waals surface area contributed by atoms with Gasteiger partial charge in [-0.15, -0.1) is 0 Å². The summed E-state index contributed by atoms with van der Waals surface area (Å²) in [4.78, 5) is 0. The van der Waals surface area contributed by atoms with Gasteiger partial charge in [0.15, 0.2) is 12.7 Å². The van der Waals surface area contributed by atoms with Gasteiger partial charge in [0.25, 0.3) is 5.03 Å². The number of hydrogen-bond acceptors (Lipinski definition) is 2. The van der Waals surface area contributed by atoms with E-state index in [-0.39, 0.29) is 0 Å². The molecule has 1 N–H and O–H groups in total. The van der Waals surface area contributed by atoms with Crippen molar-refractivity contribution >= 4 is 27.7 Å². The molecule has 1 aromatic heterocycles. The van der Waals surface area contributed by atoms with E-state index in [1.807, 2.05) is 12.3 Å². The Bertz CT molecular complexity index is 303. The summed E-state index contributed by atoms with van der Waals surface area (Å²) >= 11 is 4.96. The summed E-state index contributed by atoms with van der Waals surface area (Å²) in [5.74, 6) is 1.43. The smallest absolute Gasteiger partial charge is 0.283 e. The summed E-state index contributed by atoms with van der Waals surface area (Å²) in [7, 11) is 0. The molecule has 2 rings (SSSR count). The summed E-state index contributed by atoms with van der Waals surface area (Å²) in [6.45, 7) is 1.00. The first kappa shape index (κ1) is 7.43. The Kier molecular flexibility index (Phi) is 1.81. The first-order valence-corrected chi connectivity index (χ1v) is 5.10. The van der Waals surface area contributed by atoms with Crippen molar-refractivity contribution in [3.63, 3.8) is 0 Å². The van der Waals surface area contributed by atoms with Gasteiger partial charge in [0.2, 0.25) is 5.75 Å². The van der Waals surface area contributed by atoms with Crippen molar-refractivity contribution in [2.24, 2.45) is 0 Å². The summed E-state index contributed by atoms with van der Waals surface area (Å²) < 4.78 is 2.84. The second kappa shape index (κ2) is 2.68. The van der Waals surface area contributed by atoms with E-state index >= 15 is 0 Å². The minimum atomic E-state index is 0.370. The number of pyridine rings is 1. The maximum Gasteiger partial charge on any atom is 0.283 e. The quantitative estimate of drug-likeness (QED) is 0.687. The molecule has 11 heavy (non-hydrogen) atoms. The third-order valence-electron chi connectivity index (χ3n) is 1.66. The lowest BCUT2D eigenvalue weighted by Gasteiger charge is -1.96. The highest BCUT2D eigenvalue weighted by Crippen LogP contribution is 2.33. The highest BCUT2D eigenvalue weighted by atomic mass is 79.9. The van der Waals surface area contributed by atoms with E-state index < -0.39 is 0 Å². The van der Waals surface area contributed by atoms with Crippen LogP contribution in [0.15, 0.2) is 21.8 Å². The fourth-order valence-corrected chi connectivity index (χ4v) is 2.59.